The molecule has 4 heteroatoms. The van der Waals surface area contributed by atoms with Gasteiger partial charge in [0.2, 0.25) is 0 Å². The van der Waals surface area contributed by atoms with Crippen molar-refractivity contribution in [3.63, 3.8) is 0 Å². The van der Waals surface area contributed by atoms with E-state index in [9.17, 15) is 4.79 Å². The summed E-state index contributed by atoms with van der Waals surface area (Å²) in [4.78, 5) is 18.5. The number of hydrogen-bond acceptors (Lipinski definition) is 3. The van der Waals surface area contributed by atoms with E-state index in [4.69, 9.17) is 0 Å². The maximum atomic E-state index is 11.5. The van der Waals surface area contributed by atoms with Gasteiger partial charge in [-0.1, -0.05) is 13.8 Å². The molecule has 1 heterocycles. The first-order valence-corrected chi connectivity index (χ1v) is 5.01. The lowest BCUT2D eigenvalue weighted by Gasteiger charge is -2.14. The molecule has 0 amide bonds. The van der Waals surface area contributed by atoms with E-state index in [2.05, 4.69) is 15.3 Å². The van der Waals surface area contributed by atoms with Crippen molar-refractivity contribution in [1.29, 1.82) is 0 Å². The Kier molecular flexibility index (Phi) is 4.32. The topological polar surface area (TPSA) is 57.8 Å². The molecule has 0 aliphatic heterocycles. The maximum absolute atomic E-state index is 11.5. The van der Waals surface area contributed by atoms with Gasteiger partial charge in [0, 0.05) is 24.7 Å². The second kappa shape index (κ2) is 5.54. The third-order valence-electron chi connectivity index (χ3n) is 2.17. The summed E-state index contributed by atoms with van der Waals surface area (Å²) < 4.78 is 0. The Hall–Kier alpha value is -1.16. The van der Waals surface area contributed by atoms with E-state index >= 15 is 0 Å². The molecule has 1 rings (SSSR count). The first kappa shape index (κ1) is 10.9. The predicted octanol–water partition coefficient (Wildman–Crippen LogP) is 0.909. The number of aromatic nitrogens is 2. The van der Waals surface area contributed by atoms with Crippen LogP contribution in [0.2, 0.25) is 0 Å². The van der Waals surface area contributed by atoms with E-state index in [1.54, 1.807) is 12.5 Å². The van der Waals surface area contributed by atoms with Crippen molar-refractivity contribution in [3.05, 3.63) is 18.2 Å². The SMILES string of the molecule is CCN[C@@H](Cc1cnc[nH]1)C(=O)CC. The maximum Gasteiger partial charge on any atom is 0.149 e. The Labute approximate surface area is 84.1 Å². The Balaban J connectivity index is 2.55. The van der Waals surface area contributed by atoms with E-state index in [1.165, 1.54) is 0 Å². The molecule has 0 saturated carbocycles. The standard InChI is InChI=1S/C10H17N3O/c1-3-10(14)9(12-4-2)5-8-6-11-7-13-8/h6-7,9,12H,3-5H2,1-2H3,(H,11,13)/t9-/m0/s1. The minimum Gasteiger partial charge on any atom is -0.348 e. The fraction of sp³-hybridized carbons (Fsp3) is 0.600. The Morgan fingerprint density at radius 3 is 2.93 bits per heavy atom. The number of nitrogens with zero attached hydrogens (tertiary/aromatic N) is 1. The molecular weight excluding hydrogens is 178 g/mol. The molecule has 0 bridgehead atoms. The van der Waals surface area contributed by atoms with Gasteiger partial charge in [0.1, 0.15) is 5.78 Å². The van der Waals surface area contributed by atoms with Crippen LogP contribution in [0.25, 0.3) is 0 Å². The zero-order chi connectivity index (χ0) is 10.4. The van der Waals surface area contributed by atoms with Gasteiger partial charge in [-0.3, -0.25) is 4.79 Å². The second-order valence-electron chi connectivity index (χ2n) is 3.21. The number of nitrogens with one attached hydrogen (secondary N) is 2. The first-order valence-electron chi connectivity index (χ1n) is 5.01. The molecule has 1 aromatic rings. The molecule has 78 valence electrons. The summed E-state index contributed by atoms with van der Waals surface area (Å²) in [7, 11) is 0. The average Bonchev–Trinajstić information content (AvgIpc) is 2.68. The highest BCUT2D eigenvalue weighted by molar-refractivity contribution is 5.83. The number of carbonyl (C=O) groups excluding carboxylic acids is 1. The van der Waals surface area contributed by atoms with Crippen LogP contribution in [0.5, 0.6) is 0 Å². The molecule has 0 saturated heterocycles. The molecule has 0 fully saturated rings. The number of Topliss-reactive ketones (excluding diaryl/α,β-unsaturated/α-hetero) is 1. The smallest absolute Gasteiger partial charge is 0.149 e. The lowest BCUT2D eigenvalue weighted by atomic mass is 10.1. The largest absolute Gasteiger partial charge is 0.348 e. The van der Waals surface area contributed by atoms with Crippen LogP contribution in [0.4, 0.5) is 0 Å². The molecule has 1 atom stereocenters. The minimum atomic E-state index is -0.0783. The molecule has 14 heavy (non-hydrogen) atoms. The van der Waals surface area contributed by atoms with Crippen molar-refractivity contribution in [2.75, 3.05) is 6.54 Å². The summed E-state index contributed by atoms with van der Waals surface area (Å²) in [6, 6.07) is -0.0783. The van der Waals surface area contributed by atoms with Crippen LogP contribution in [0.15, 0.2) is 12.5 Å². The van der Waals surface area contributed by atoms with E-state index in [1.807, 2.05) is 13.8 Å². The number of imidazole rings is 1. The van der Waals surface area contributed by atoms with E-state index < -0.39 is 0 Å². The number of hydrogen-bond donors (Lipinski definition) is 2. The zero-order valence-electron chi connectivity index (χ0n) is 8.71. The number of ketones is 1. The summed E-state index contributed by atoms with van der Waals surface area (Å²) in [6.45, 7) is 4.70. The van der Waals surface area contributed by atoms with Gasteiger partial charge in [0.05, 0.1) is 12.4 Å². The van der Waals surface area contributed by atoms with Crippen LogP contribution in [0.1, 0.15) is 26.0 Å². The highest BCUT2D eigenvalue weighted by atomic mass is 16.1. The van der Waals surface area contributed by atoms with Crippen LogP contribution >= 0.6 is 0 Å². The van der Waals surface area contributed by atoms with Crippen molar-refractivity contribution in [2.45, 2.75) is 32.7 Å². The lowest BCUT2D eigenvalue weighted by Crippen LogP contribution is -2.38. The summed E-state index contributed by atoms with van der Waals surface area (Å²) in [5.41, 5.74) is 0.998. The summed E-state index contributed by atoms with van der Waals surface area (Å²) in [6.07, 6.45) is 4.66. The van der Waals surface area contributed by atoms with Crippen molar-refractivity contribution in [1.82, 2.24) is 15.3 Å². The quantitative estimate of drug-likeness (QED) is 0.709. The highest BCUT2D eigenvalue weighted by Crippen LogP contribution is 2.01. The van der Waals surface area contributed by atoms with Crippen molar-refractivity contribution < 1.29 is 4.79 Å². The van der Waals surface area contributed by atoms with Gasteiger partial charge >= 0.3 is 0 Å². The molecule has 4 nitrogen and oxygen atoms in total. The van der Waals surface area contributed by atoms with Gasteiger partial charge in [-0.25, -0.2) is 4.98 Å². The summed E-state index contributed by atoms with van der Waals surface area (Å²) in [5, 5.41) is 3.17. The molecule has 0 radical (unpaired) electrons. The molecular formula is C10H17N3O. The summed E-state index contributed by atoms with van der Waals surface area (Å²) >= 11 is 0. The number of rotatable bonds is 6. The second-order valence-corrected chi connectivity index (χ2v) is 3.21. The molecule has 1 aromatic heterocycles. The predicted molar refractivity (Wildman–Crippen MR) is 55.1 cm³/mol. The van der Waals surface area contributed by atoms with E-state index in [0.29, 0.717) is 12.8 Å². The number of carbonyl (C=O) groups is 1. The average molecular weight is 195 g/mol. The monoisotopic (exact) mass is 195 g/mol. The van der Waals surface area contributed by atoms with Gasteiger partial charge in [0.15, 0.2) is 0 Å². The normalized spacial score (nSPS) is 12.7. The number of H-pyrrole nitrogens is 1. The lowest BCUT2D eigenvalue weighted by molar-refractivity contribution is -0.120. The minimum absolute atomic E-state index is 0.0783. The first-order chi connectivity index (χ1) is 6.77. The van der Waals surface area contributed by atoms with Gasteiger partial charge < -0.3 is 10.3 Å². The van der Waals surface area contributed by atoms with Gasteiger partial charge in [0.25, 0.3) is 0 Å². The third kappa shape index (κ3) is 2.96. The molecule has 0 unspecified atom stereocenters. The molecule has 0 aliphatic carbocycles. The molecule has 0 aliphatic rings. The van der Waals surface area contributed by atoms with Gasteiger partial charge in [-0.2, -0.15) is 0 Å². The fourth-order valence-electron chi connectivity index (χ4n) is 1.41. The van der Waals surface area contributed by atoms with Crippen LogP contribution in [0, 0.1) is 0 Å². The Morgan fingerprint density at radius 1 is 1.64 bits per heavy atom. The van der Waals surface area contributed by atoms with Crippen molar-refractivity contribution in [2.24, 2.45) is 0 Å². The van der Waals surface area contributed by atoms with Crippen LogP contribution in [-0.4, -0.2) is 28.3 Å². The van der Waals surface area contributed by atoms with E-state index in [0.717, 1.165) is 12.2 Å². The van der Waals surface area contributed by atoms with Crippen LogP contribution in [0.3, 0.4) is 0 Å². The third-order valence-corrected chi connectivity index (χ3v) is 2.17. The fourth-order valence-corrected chi connectivity index (χ4v) is 1.41. The van der Waals surface area contributed by atoms with E-state index in [-0.39, 0.29) is 11.8 Å². The number of aromatic amines is 1. The van der Waals surface area contributed by atoms with Crippen LogP contribution in [-0.2, 0) is 11.2 Å². The Bertz CT molecular complexity index is 269. The number of likely N-dealkylation sites (N-methyl/N-ethyl adjacent to an activating group) is 1. The zero-order valence-corrected chi connectivity index (χ0v) is 8.71. The molecule has 0 spiro atoms. The Morgan fingerprint density at radius 2 is 2.43 bits per heavy atom. The summed E-state index contributed by atoms with van der Waals surface area (Å²) in [5.74, 6) is 0.251. The highest BCUT2D eigenvalue weighted by Gasteiger charge is 2.15. The van der Waals surface area contributed by atoms with Crippen LogP contribution < -0.4 is 5.32 Å². The van der Waals surface area contributed by atoms with Crippen molar-refractivity contribution >= 4 is 5.78 Å². The van der Waals surface area contributed by atoms with Gasteiger partial charge in [-0.05, 0) is 6.54 Å². The molecule has 0 aromatic carbocycles. The molecule has 2 N–H and O–H groups in total. The van der Waals surface area contributed by atoms with Gasteiger partial charge in [-0.15, -0.1) is 0 Å². The van der Waals surface area contributed by atoms with Crippen molar-refractivity contribution in [3.8, 4) is 0 Å².